The van der Waals surface area contributed by atoms with Gasteiger partial charge in [0.2, 0.25) is 0 Å². The van der Waals surface area contributed by atoms with Crippen LogP contribution < -0.4 is 0 Å². The zero-order valence-corrected chi connectivity index (χ0v) is 7.14. The second-order valence-electron chi connectivity index (χ2n) is 2.36. The van der Waals surface area contributed by atoms with E-state index in [2.05, 4.69) is 31.7 Å². The van der Waals surface area contributed by atoms with E-state index in [1.165, 1.54) is 13.0 Å². The van der Waals surface area contributed by atoms with Gasteiger partial charge in [-0.1, -0.05) is 26.0 Å². The molecule has 0 unspecified atom stereocenters. The molecular weight excluding hydrogens is 129 g/mol. The van der Waals surface area contributed by atoms with E-state index in [4.69, 9.17) is 0 Å². The Morgan fingerprint density at radius 3 is 2.36 bits per heavy atom. The van der Waals surface area contributed by atoms with Crippen molar-refractivity contribution in [2.75, 3.05) is 19.6 Å². The SMILES string of the molecule is [CH2]C=CCN(CC)CCC.[LiH]. The summed E-state index contributed by atoms with van der Waals surface area (Å²) in [4.78, 5) is 2.39. The third kappa shape index (κ3) is 8.20. The fraction of sp³-hybridized carbons (Fsp3) is 0.667. The molecule has 0 heterocycles. The summed E-state index contributed by atoms with van der Waals surface area (Å²) in [5.41, 5.74) is 0. The van der Waals surface area contributed by atoms with Crippen molar-refractivity contribution in [2.24, 2.45) is 0 Å². The van der Waals surface area contributed by atoms with Crippen molar-refractivity contribution in [3.8, 4) is 0 Å². The van der Waals surface area contributed by atoms with E-state index < -0.39 is 0 Å². The molecule has 0 spiro atoms. The molecule has 0 bridgehead atoms. The Bertz CT molecular complexity index is 91.6. The van der Waals surface area contributed by atoms with E-state index in [0.29, 0.717) is 0 Å². The fourth-order valence-corrected chi connectivity index (χ4v) is 0.918. The van der Waals surface area contributed by atoms with E-state index in [0.717, 1.165) is 13.1 Å². The van der Waals surface area contributed by atoms with Gasteiger partial charge in [0.15, 0.2) is 0 Å². The van der Waals surface area contributed by atoms with Crippen molar-refractivity contribution in [1.82, 2.24) is 4.90 Å². The molecule has 0 aliphatic carbocycles. The molecule has 0 aliphatic rings. The fourth-order valence-electron chi connectivity index (χ4n) is 0.918. The molecule has 0 atom stereocenters. The first-order valence-electron chi connectivity index (χ1n) is 4.01. The number of hydrogen-bond donors (Lipinski definition) is 0. The Morgan fingerprint density at radius 2 is 2.00 bits per heavy atom. The molecule has 1 radical (unpaired) electrons. The molecule has 1 nitrogen and oxygen atoms in total. The summed E-state index contributed by atoms with van der Waals surface area (Å²) in [7, 11) is 0. The van der Waals surface area contributed by atoms with E-state index in [1.54, 1.807) is 0 Å². The van der Waals surface area contributed by atoms with Gasteiger partial charge in [-0.15, -0.1) is 0 Å². The molecule has 0 amide bonds. The molecule has 2 heteroatoms. The molecule has 0 fully saturated rings. The summed E-state index contributed by atoms with van der Waals surface area (Å²) in [5, 5.41) is 0. The van der Waals surface area contributed by atoms with Crippen LogP contribution in [0.4, 0.5) is 0 Å². The summed E-state index contributed by atoms with van der Waals surface area (Å²) in [5.74, 6) is 0. The maximum atomic E-state index is 3.64. The third-order valence-electron chi connectivity index (χ3n) is 1.52. The Balaban J connectivity index is 0. The summed E-state index contributed by atoms with van der Waals surface area (Å²) in [6.07, 6.45) is 5.19. The van der Waals surface area contributed by atoms with Gasteiger partial charge < -0.3 is 0 Å². The van der Waals surface area contributed by atoms with E-state index in [9.17, 15) is 0 Å². The van der Waals surface area contributed by atoms with E-state index >= 15 is 0 Å². The van der Waals surface area contributed by atoms with Gasteiger partial charge in [-0.25, -0.2) is 0 Å². The van der Waals surface area contributed by atoms with Crippen molar-refractivity contribution < 1.29 is 0 Å². The van der Waals surface area contributed by atoms with Crippen molar-refractivity contribution in [2.45, 2.75) is 20.3 Å². The maximum absolute atomic E-state index is 3.64. The third-order valence-corrected chi connectivity index (χ3v) is 1.52. The Kier molecular flexibility index (Phi) is 13.0. The topological polar surface area (TPSA) is 3.24 Å². The summed E-state index contributed by atoms with van der Waals surface area (Å²) in [6, 6.07) is 0. The van der Waals surface area contributed by atoms with Gasteiger partial charge in [0, 0.05) is 6.54 Å². The van der Waals surface area contributed by atoms with Crippen LogP contribution in [0.5, 0.6) is 0 Å². The monoisotopic (exact) mass is 148 g/mol. The van der Waals surface area contributed by atoms with Gasteiger partial charge in [0.05, 0.1) is 0 Å². The normalized spacial score (nSPS) is 10.5. The predicted molar refractivity (Wildman–Crippen MR) is 54.1 cm³/mol. The summed E-state index contributed by atoms with van der Waals surface area (Å²) >= 11 is 0. The Labute approximate surface area is 83.0 Å². The molecule has 0 saturated heterocycles. The van der Waals surface area contributed by atoms with Crippen LogP contribution >= 0.6 is 0 Å². The molecule has 0 saturated carbocycles. The van der Waals surface area contributed by atoms with Gasteiger partial charge >= 0.3 is 18.9 Å². The first-order valence-corrected chi connectivity index (χ1v) is 4.01. The van der Waals surface area contributed by atoms with E-state index in [1.807, 2.05) is 6.08 Å². The minimum atomic E-state index is 0. The van der Waals surface area contributed by atoms with Crippen LogP contribution in [-0.4, -0.2) is 43.4 Å². The number of rotatable bonds is 5. The number of allylic oxidation sites excluding steroid dienone is 1. The second-order valence-corrected chi connectivity index (χ2v) is 2.36. The molecule has 11 heavy (non-hydrogen) atoms. The minimum absolute atomic E-state index is 0. The zero-order chi connectivity index (χ0) is 7.82. The van der Waals surface area contributed by atoms with Gasteiger partial charge in [-0.2, -0.15) is 0 Å². The first kappa shape index (κ1) is 13.9. The van der Waals surface area contributed by atoms with E-state index in [-0.39, 0.29) is 18.9 Å². The van der Waals surface area contributed by atoms with Crippen molar-refractivity contribution in [3.05, 3.63) is 19.1 Å². The average molecular weight is 148 g/mol. The van der Waals surface area contributed by atoms with Crippen molar-refractivity contribution in [1.29, 1.82) is 0 Å². The van der Waals surface area contributed by atoms with Crippen LogP contribution in [0.1, 0.15) is 20.3 Å². The molecule has 0 aliphatic heterocycles. The van der Waals surface area contributed by atoms with Crippen LogP contribution in [0, 0.1) is 6.92 Å². The molecule has 0 aromatic carbocycles. The van der Waals surface area contributed by atoms with Crippen LogP contribution in [-0.2, 0) is 0 Å². The number of nitrogens with zero attached hydrogens (tertiary/aromatic N) is 1. The summed E-state index contributed by atoms with van der Waals surface area (Å²) in [6.45, 7) is 11.4. The first-order chi connectivity index (χ1) is 4.85. The molecule has 0 N–H and O–H groups in total. The number of likely N-dealkylation sites (N-methyl/N-ethyl adjacent to an activating group) is 1. The quantitative estimate of drug-likeness (QED) is 0.533. The van der Waals surface area contributed by atoms with Crippen molar-refractivity contribution >= 4 is 18.9 Å². The van der Waals surface area contributed by atoms with Gasteiger partial charge in [0.25, 0.3) is 0 Å². The van der Waals surface area contributed by atoms with Crippen LogP contribution in [0.2, 0.25) is 0 Å². The second kappa shape index (κ2) is 10.3. The molecule has 0 rings (SSSR count). The van der Waals surface area contributed by atoms with Gasteiger partial charge in [-0.05, 0) is 26.4 Å². The van der Waals surface area contributed by atoms with Crippen LogP contribution in [0.15, 0.2) is 12.2 Å². The average Bonchev–Trinajstić information content (AvgIpc) is 1.98. The van der Waals surface area contributed by atoms with Crippen LogP contribution in [0.3, 0.4) is 0 Å². The molecule has 0 aromatic rings. The number of hydrogen-bond acceptors (Lipinski definition) is 1. The standard InChI is InChI=1S/C9H18N.Li.H/c1-4-7-9-10(6-3)8-5-2;;/h4,7H,1,5-6,8-9H2,2-3H3;;. The molecular formula is C9H19LiN. The summed E-state index contributed by atoms with van der Waals surface area (Å²) < 4.78 is 0. The Hall–Kier alpha value is 0.297. The van der Waals surface area contributed by atoms with Crippen LogP contribution in [0.25, 0.3) is 0 Å². The Morgan fingerprint density at radius 1 is 1.36 bits per heavy atom. The molecule has 61 valence electrons. The van der Waals surface area contributed by atoms with Crippen molar-refractivity contribution in [3.63, 3.8) is 0 Å². The zero-order valence-electron chi connectivity index (χ0n) is 7.14. The van der Waals surface area contributed by atoms with Gasteiger partial charge in [-0.3, -0.25) is 4.90 Å². The molecule has 0 aromatic heterocycles. The van der Waals surface area contributed by atoms with Gasteiger partial charge in [0.1, 0.15) is 0 Å². The predicted octanol–water partition coefficient (Wildman–Crippen LogP) is 1.46.